The molecule has 3 aromatic rings. The van der Waals surface area contributed by atoms with Gasteiger partial charge in [-0.1, -0.05) is 68.6 Å². The molecule has 2 aromatic carbocycles. The van der Waals surface area contributed by atoms with E-state index in [9.17, 15) is 10.2 Å². The van der Waals surface area contributed by atoms with Crippen LogP contribution in [0.2, 0.25) is 0 Å². The van der Waals surface area contributed by atoms with Crippen molar-refractivity contribution < 1.29 is 20.1 Å². The van der Waals surface area contributed by atoms with Gasteiger partial charge < -0.3 is 20.3 Å². The van der Waals surface area contributed by atoms with Gasteiger partial charge in [-0.3, -0.25) is 4.79 Å². The second-order valence-electron chi connectivity index (χ2n) is 15.5. The minimum atomic E-state index is -0.833. The van der Waals surface area contributed by atoms with Crippen LogP contribution in [0, 0.1) is 35.0 Å². The molecule has 5 nitrogen and oxygen atoms in total. The molecule has 0 bridgehead atoms. The molecule has 0 spiro atoms. The molecule has 0 amide bonds. The number of carboxylic acid groups (broad SMARTS) is 1. The number of rotatable bonds is 1. The highest BCUT2D eigenvalue weighted by Crippen LogP contribution is 2.74. The van der Waals surface area contributed by atoms with Gasteiger partial charge in [0.1, 0.15) is 0 Å². The number of fused-ring (bicyclic) bond motifs is 8. The normalized spacial score (nSPS) is 35.7. The van der Waals surface area contributed by atoms with Gasteiger partial charge in [-0.25, -0.2) is 0 Å². The molecule has 4 N–H and O–H groups in total. The Balaban J connectivity index is 0.000000810. The molecule has 0 radical (unpaired) electrons. The number of allylic oxidation sites excluding steroid dienone is 2. The quantitative estimate of drug-likeness (QED) is 0.154. The fourth-order valence-corrected chi connectivity index (χ4v) is 10.8. The van der Waals surface area contributed by atoms with Crippen LogP contribution in [0.5, 0.6) is 11.5 Å². The number of H-pyrrole nitrogens is 1. The molecule has 7 atom stereocenters. The zero-order chi connectivity index (χ0) is 32.0. The largest absolute Gasteiger partial charge is 0.504 e. The Morgan fingerprint density at radius 1 is 1.02 bits per heavy atom. The van der Waals surface area contributed by atoms with Crippen molar-refractivity contribution in [3.05, 3.63) is 68.8 Å². The first-order valence-electron chi connectivity index (χ1n) is 16.3. The van der Waals surface area contributed by atoms with Crippen LogP contribution in [0.3, 0.4) is 0 Å². The van der Waals surface area contributed by atoms with E-state index in [-0.39, 0.29) is 33.7 Å². The van der Waals surface area contributed by atoms with Gasteiger partial charge >= 0.3 is 0 Å². The van der Waals surface area contributed by atoms with E-state index in [1.54, 1.807) is 5.57 Å². The molecule has 7 rings (SSSR count). The predicted molar refractivity (Wildman–Crippen MR) is 180 cm³/mol. The van der Waals surface area contributed by atoms with Gasteiger partial charge in [0.15, 0.2) is 11.5 Å². The van der Waals surface area contributed by atoms with Gasteiger partial charge in [0.05, 0.1) is 0 Å². The molecule has 0 saturated heterocycles. The van der Waals surface area contributed by atoms with Crippen molar-refractivity contribution in [2.24, 2.45) is 28.1 Å². The van der Waals surface area contributed by atoms with E-state index in [0.29, 0.717) is 5.41 Å². The molecule has 6 heteroatoms. The van der Waals surface area contributed by atoms with Crippen molar-refractivity contribution in [1.29, 1.82) is 0 Å². The van der Waals surface area contributed by atoms with Crippen molar-refractivity contribution in [2.45, 2.75) is 105 Å². The highest BCUT2D eigenvalue weighted by atomic mass is 79.9. The number of hydrogen-bond donors (Lipinski definition) is 4. The Bertz CT molecular complexity index is 1690. The Labute approximate surface area is 270 Å². The highest BCUT2D eigenvalue weighted by molar-refractivity contribution is 9.10. The number of aromatic hydroxyl groups is 2. The van der Waals surface area contributed by atoms with Crippen LogP contribution in [0.4, 0.5) is 0 Å². The number of phenolic OH excluding ortho intramolecular Hbond substituents is 2. The van der Waals surface area contributed by atoms with E-state index >= 15 is 0 Å². The van der Waals surface area contributed by atoms with Crippen LogP contribution in [0.25, 0.3) is 10.9 Å². The summed E-state index contributed by atoms with van der Waals surface area (Å²) in [4.78, 5) is 12.5. The zero-order valence-electron chi connectivity index (χ0n) is 27.3. The fourth-order valence-electron chi connectivity index (χ4n) is 10.4. The zero-order valence-corrected chi connectivity index (χ0v) is 28.9. The smallest absolute Gasteiger partial charge is 0.300 e. The number of carboxylic acids is 1. The number of carbonyl (C=O) groups is 1. The Hall–Kier alpha value is -2.73. The van der Waals surface area contributed by atoms with Gasteiger partial charge in [0, 0.05) is 39.8 Å². The molecule has 44 heavy (non-hydrogen) atoms. The number of aromatic nitrogens is 1. The predicted octanol–water partition coefficient (Wildman–Crippen LogP) is 10.1. The van der Waals surface area contributed by atoms with Crippen LogP contribution in [0.15, 0.2) is 46.6 Å². The third kappa shape index (κ3) is 4.40. The van der Waals surface area contributed by atoms with Crippen LogP contribution < -0.4 is 0 Å². The van der Waals surface area contributed by atoms with Crippen molar-refractivity contribution >= 4 is 32.8 Å². The van der Waals surface area contributed by atoms with E-state index in [0.717, 1.165) is 40.7 Å². The van der Waals surface area contributed by atoms with Crippen molar-refractivity contribution in [2.75, 3.05) is 0 Å². The van der Waals surface area contributed by atoms with E-state index in [1.165, 1.54) is 60.6 Å². The van der Waals surface area contributed by atoms with Crippen molar-refractivity contribution in [1.82, 2.24) is 4.98 Å². The molecule has 1 aromatic heterocycles. The van der Waals surface area contributed by atoms with Gasteiger partial charge in [-0.15, -0.1) is 0 Å². The lowest BCUT2D eigenvalue weighted by molar-refractivity contribution is -0.145. The molecular weight excluding hydrogens is 614 g/mol. The average Bonchev–Trinajstić information content (AvgIpc) is 3.37. The number of aromatic amines is 1. The molecule has 4 aliphatic carbocycles. The molecule has 0 aliphatic heterocycles. The second kappa shape index (κ2) is 10.4. The van der Waals surface area contributed by atoms with E-state index < -0.39 is 5.97 Å². The average molecular weight is 663 g/mol. The van der Waals surface area contributed by atoms with Crippen molar-refractivity contribution in [3.8, 4) is 11.5 Å². The first-order chi connectivity index (χ1) is 20.6. The number of hydrogen-bond acceptors (Lipinski definition) is 3. The van der Waals surface area contributed by atoms with E-state index in [1.807, 2.05) is 13.0 Å². The molecule has 236 valence electrons. The summed E-state index contributed by atoms with van der Waals surface area (Å²) in [7, 11) is 0. The minimum absolute atomic E-state index is 0.00499. The van der Waals surface area contributed by atoms with E-state index in [2.05, 4.69) is 86.0 Å². The first kappa shape index (κ1) is 31.3. The fraction of sp³-hybridized carbons (Fsp3) is 0.553. The maximum absolute atomic E-state index is 11.0. The number of benzene rings is 2. The summed E-state index contributed by atoms with van der Waals surface area (Å²) in [5.74, 6) is 0.723. The first-order valence-corrected chi connectivity index (χ1v) is 17.1. The van der Waals surface area contributed by atoms with Crippen LogP contribution >= 0.6 is 15.9 Å². The number of aliphatic carboxylic acids is 1. The minimum Gasteiger partial charge on any atom is -0.504 e. The highest BCUT2D eigenvalue weighted by Gasteiger charge is 2.65. The summed E-state index contributed by atoms with van der Waals surface area (Å²) in [6.07, 6.45) is 13.6. The maximum Gasteiger partial charge on any atom is 0.300 e. The molecule has 4 aliphatic rings. The van der Waals surface area contributed by atoms with Gasteiger partial charge in [-0.05, 0) is 120 Å². The van der Waals surface area contributed by atoms with Crippen LogP contribution in [-0.2, 0) is 10.2 Å². The molecule has 3 saturated carbocycles. The maximum atomic E-state index is 11.0. The summed E-state index contributed by atoms with van der Waals surface area (Å²) < 4.78 is 1.06. The summed E-state index contributed by atoms with van der Waals surface area (Å²) in [6.45, 7) is 15.8. The van der Waals surface area contributed by atoms with Crippen molar-refractivity contribution in [3.63, 3.8) is 0 Å². The molecule has 0 unspecified atom stereocenters. The Morgan fingerprint density at radius 2 is 1.73 bits per heavy atom. The topological polar surface area (TPSA) is 93.6 Å². The molecular formula is C38H48BrNO4. The molecule has 1 heterocycles. The summed E-state index contributed by atoms with van der Waals surface area (Å²) in [5.41, 5.74) is 7.69. The lowest BCUT2D eigenvalue weighted by atomic mass is 9.35. The summed E-state index contributed by atoms with van der Waals surface area (Å²) in [5, 5.41) is 30.6. The third-order valence-corrected chi connectivity index (χ3v) is 13.6. The summed E-state index contributed by atoms with van der Waals surface area (Å²) in [6, 6.07) is 8.34. The monoisotopic (exact) mass is 661 g/mol. The molecule has 3 fully saturated rings. The lowest BCUT2D eigenvalue weighted by Crippen LogP contribution is -2.61. The number of nitrogens with one attached hydrogen (secondary N) is 1. The SMILES string of the molecule is CC(=O)O.Cc1c(O)c(O)cc2c1[C@H](c1c[nH]c3ccc(Br)cc13)C=C1[C@@]2(C)CC[C@@]2(C)[C@@H]3C[C@@H](C)CC[C@]3(C)CC[C@]12C. The Kier molecular flexibility index (Phi) is 7.39. The number of phenols is 2. The van der Waals surface area contributed by atoms with Gasteiger partial charge in [-0.2, -0.15) is 0 Å². The standard InChI is InChI=1S/C36H44BrNO2.C2H4O2/c1-20-9-10-33(3)11-13-36(6)30-17-24(25-19-38-27-8-7-22(37)16-23(25)27)31-21(2)32(40)28(39)18-26(31)34(30,4)12-14-35(36,5)29(33)15-20;1-2(3)4/h7-8,16-20,24,29,38-40H,9-15H2,1-6H3;1H3,(H,3,4)/t20-,24-,29+,33+,34-,35-,36+;/m0./s1. The second-order valence-corrected chi connectivity index (χ2v) is 16.4. The lowest BCUT2D eigenvalue weighted by Gasteiger charge is -2.69. The van der Waals surface area contributed by atoms with Crippen LogP contribution in [-0.4, -0.2) is 26.3 Å². The number of halogens is 1. The summed E-state index contributed by atoms with van der Waals surface area (Å²) >= 11 is 3.71. The Morgan fingerprint density at radius 3 is 2.43 bits per heavy atom. The van der Waals surface area contributed by atoms with E-state index in [4.69, 9.17) is 9.90 Å². The van der Waals surface area contributed by atoms with Crippen LogP contribution in [0.1, 0.15) is 115 Å². The third-order valence-electron chi connectivity index (χ3n) is 13.1. The van der Waals surface area contributed by atoms with Gasteiger partial charge in [0.25, 0.3) is 5.97 Å². The van der Waals surface area contributed by atoms with Gasteiger partial charge in [0.2, 0.25) is 0 Å².